The fourth-order valence-electron chi connectivity index (χ4n) is 0.450. The Balaban J connectivity index is 0.000000371. The molecule has 1 rings (SSSR count). The Labute approximate surface area is 70.6 Å². The molecule has 1 nitrogen and oxygen atoms in total. The van der Waals surface area contributed by atoms with E-state index in [0.29, 0.717) is 0 Å². The number of hydrogen-bond donors (Lipinski definition) is 0. The second kappa shape index (κ2) is 5.42. The molecule has 0 fully saturated rings. The first-order chi connectivity index (χ1) is 4.79. The molecule has 0 N–H and O–H groups in total. The van der Waals surface area contributed by atoms with E-state index in [1.54, 1.807) is 6.20 Å². The van der Waals surface area contributed by atoms with Crippen molar-refractivity contribution in [2.24, 2.45) is 0 Å². The van der Waals surface area contributed by atoms with Gasteiger partial charge in [-0.3, -0.25) is 4.98 Å². The standard InChI is InChI=1S/C6H6BrN.C2H6/c1-5-2-3-6(7)4-8-5;1-2/h2-4H,1H3;1-2H3. The number of aryl methyl sites for hydroxylation is 1. The molecule has 1 heterocycles. The molecule has 0 aromatic carbocycles. The molecule has 0 saturated heterocycles. The van der Waals surface area contributed by atoms with Crippen molar-refractivity contribution in [3.8, 4) is 0 Å². The lowest BCUT2D eigenvalue weighted by molar-refractivity contribution is 1.19. The van der Waals surface area contributed by atoms with E-state index in [1.165, 1.54) is 0 Å². The van der Waals surface area contributed by atoms with Crippen LogP contribution in [-0.2, 0) is 0 Å². The van der Waals surface area contributed by atoms with Gasteiger partial charge < -0.3 is 0 Å². The van der Waals surface area contributed by atoms with Gasteiger partial charge in [0, 0.05) is 16.4 Å². The normalized spacial score (nSPS) is 8.00. The Bertz CT molecular complexity index is 148. The van der Waals surface area contributed by atoms with Crippen LogP contribution in [0.15, 0.2) is 22.8 Å². The topological polar surface area (TPSA) is 12.9 Å². The van der Waals surface area contributed by atoms with Crippen LogP contribution in [0.4, 0.5) is 0 Å². The Morgan fingerprint density at radius 3 is 2.20 bits per heavy atom. The van der Waals surface area contributed by atoms with Crippen LogP contribution in [-0.4, -0.2) is 4.98 Å². The van der Waals surface area contributed by atoms with Gasteiger partial charge in [0.15, 0.2) is 0 Å². The summed E-state index contributed by atoms with van der Waals surface area (Å²) in [6, 6.07) is 3.94. The Hall–Kier alpha value is -0.370. The monoisotopic (exact) mass is 201 g/mol. The lowest BCUT2D eigenvalue weighted by atomic mass is 10.4. The summed E-state index contributed by atoms with van der Waals surface area (Å²) in [5, 5.41) is 0. The van der Waals surface area contributed by atoms with E-state index in [-0.39, 0.29) is 0 Å². The zero-order valence-corrected chi connectivity index (χ0v) is 8.14. The molecule has 0 spiro atoms. The molecule has 0 bridgehead atoms. The first-order valence-electron chi connectivity index (χ1n) is 3.37. The highest BCUT2D eigenvalue weighted by molar-refractivity contribution is 9.10. The van der Waals surface area contributed by atoms with Crippen LogP contribution in [0.5, 0.6) is 0 Å². The van der Waals surface area contributed by atoms with Crippen LogP contribution in [0.25, 0.3) is 0 Å². The van der Waals surface area contributed by atoms with E-state index in [4.69, 9.17) is 0 Å². The van der Waals surface area contributed by atoms with E-state index in [9.17, 15) is 0 Å². The molecule has 2 heteroatoms. The molecule has 1 aromatic rings. The highest BCUT2D eigenvalue weighted by Crippen LogP contribution is 2.05. The quantitative estimate of drug-likeness (QED) is 0.629. The largest absolute Gasteiger partial charge is 0.260 e. The third kappa shape index (κ3) is 3.62. The van der Waals surface area contributed by atoms with Gasteiger partial charge in [-0.2, -0.15) is 0 Å². The van der Waals surface area contributed by atoms with Crippen LogP contribution in [0.3, 0.4) is 0 Å². The maximum absolute atomic E-state index is 4.03. The summed E-state index contributed by atoms with van der Waals surface area (Å²) in [6.45, 7) is 5.96. The molecule has 0 unspecified atom stereocenters. The average Bonchev–Trinajstić information content (AvgIpc) is 2.00. The van der Waals surface area contributed by atoms with Gasteiger partial charge in [0.2, 0.25) is 0 Å². The highest BCUT2D eigenvalue weighted by atomic mass is 79.9. The molecule has 0 atom stereocenters. The van der Waals surface area contributed by atoms with Crippen molar-refractivity contribution in [2.45, 2.75) is 20.8 Å². The number of rotatable bonds is 0. The molecule has 0 aliphatic rings. The van der Waals surface area contributed by atoms with Gasteiger partial charge in [-0.25, -0.2) is 0 Å². The van der Waals surface area contributed by atoms with Crippen molar-refractivity contribution in [3.63, 3.8) is 0 Å². The predicted octanol–water partition coefficient (Wildman–Crippen LogP) is 3.18. The van der Waals surface area contributed by atoms with E-state index in [0.717, 1.165) is 10.2 Å². The molecular weight excluding hydrogens is 190 g/mol. The summed E-state index contributed by atoms with van der Waals surface area (Å²) in [4.78, 5) is 4.03. The summed E-state index contributed by atoms with van der Waals surface area (Å²) in [7, 11) is 0. The minimum atomic E-state index is 1.03. The van der Waals surface area contributed by atoms with E-state index in [1.807, 2.05) is 32.9 Å². The first-order valence-corrected chi connectivity index (χ1v) is 4.16. The SMILES string of the molecule is CC.Cc1ccc(Br)cn1. The number of hydrogen-bond acceptors (Lipinski definition) is 1. The maximum atomic E-state index is 4.03. The number of halogens is 1. The molecule has 0 amide bonds. The van der Waals surface area contributed by atoms with E-state index < -0.39 is 0 Å². The van der Waals surface area contributed by atoms with E-state index in [2.05, 4.69) is 20.9 Å². The molecule has 1 aromatic heterocycles. The van der Waals surface area contributed by atoms with E-state index >= 15 is 0 Å². The summed E-state index contributed by atoms with van der Waals surface area (Å²) < 4.78 is 1.03. The molecule has 56 valence electrons. The summed E-state index contributed by atoms with van der Waals surface area (Å²) in [6.07, 6.45) is 1.79. The van der Waals surface area contributed by atoms with Gasteiger partial charge in [-0.1, -0.05) is 13.8 Å². The first kappa shape index (κ1) is 9.63. The lowest BCUT2D eigenvalue weighted by Crippen LogP contribution is -1.75. The lowest BCUT2D eigenvalue weighted by Gasteiger charge is -1.87. The minimum absolute atomic E-state index is 1.03. The van der Waals surface area contributed by atoms with Gasteiger partial charge in [0.1, 0.15) is 0 Å². The highest BCUT2D eigenvalue weighted by Gasteiger charge is 1.82. The van der Waals surface area contributed by atoms with Crippen LogP contribution in [0.1, 0.15) is 19.5 Å². The Kier molecular flexibility index (Phi) is 5.22. The van der Waals surface area contributed by atoms with Crippen molar-refractivity contribution in [1.82, 2.24) is 4.98 Å². The summed E-state index contributed by atoms with van der Waals surface area (Å²) >= 11 is 3.28. The zero-order valence-electron chi connectivity index (χ0n) is 6.56. The maximum Gasteiger partial charge on any atom is 0.0413 e. The smallest absolute Gasteiger partial charge is 0.0413 e. The zero-order chi connectivity index (χ0) is 7.98. The fourth-order valence-corrected chi connectivity index (χ4v) is 0.684. The number of nitrogens with zero attached hydrogens (tertiary/aromatic N) is 1. The van der Waals surface area contributed by atoms with Crippen LogP contribution < -0.4 is 0 Å². The van der Waals surface area contributed by atoms with Crippen LogP contribution >= 0.6 is 15.9 Å². The van der Waals surface area contributed by atoms with Crippen LogP contribution in [0, 0.1) is 6.92 Å². The van der Waals surface area contributed by atoms with Gasteiger partial charge in [0.25, 0.3) is 0 Å². The van der Waals surface area contributed by atoms with Crippen molar-refractivity contribution >= 4 is 15.9 Å². The Morgan fingerprint density at radius 1 is 1.30 bits per heavy atom. The second-order valence-corrected chi connectivity index (χ2v) is 2.53. The fraction of sp³-hybridized carbons (Fsp3) is 0.375. The average molecular weight is 202 g/mol. The summed E-state index contributed by atoms with van der Waals surface area (Å²) in [5.74, 6) is 0. The van der Waals surface area contributed by atoms with Gasteiger partial charge in [-0.05, 0) is 35.0 Å². The summed E-state index contributed by atoms with van der Waals surface area (Å²) in [5.41, 5.74) is 1.05. The van der Waals surface area contributed by atoms with Crippen molar-refractivity contribution < 1.29 is 0 Å². The molecule has 0 saturated carbocycles. The Morgan fingerprint density at radius 2 is 1.90 bits per heavy atom. The van der Waals surface area contributed by atoms with Gasteiger partial charge in [0.05, 0.1) is 0 Å². The second-order valence-electron chi connectivity index (χ2n) is 1.62. The molecule has 0 aliphatic carbocycles. The molecule has 10 heavy (non-hydrogen) atoms. The molecule has 0 radical (unpaired) electrons. The number of pyridine rings is 1. The van der Waals surface area contributed by atoms with Gasteiger partial charge >= 0.3 is 0 Å². The number of aromatic nitrogens is 1. The van der Waals surface area contributed by atoms with Crippen molar-refractivity contribution in [3.05, 3.63) is 28.5 Å². The van der Waals surface area contributed by atoms with Gasteiger partial charge in [-0.15, -0.1) is 0 Å². The molecule has 0 aliphatic heterocycles. The van der Waals surface area contributed by atoms with Crippen LogP contribution in [0.2, 0.25) is 0 Å². The predicted molar refractivity (Wildman–Crippen MR) is 48.0 cm³/mol. The van der Waals surface area contributed by atoms with Crippen molar-refractivity contribution in [1.29, 1.82) is 0 Å². The minimum Gasteiger partial charge on any atom is -0.260 e. The third-order valence-corrected chi connectivity index (χ3v) is 1.34. The third-order valence-electron chi connectivity index (χ3n) is 0.875. The van der Waals surface area contributed by atoms with Crippen molar-refractivity contribution in [2.75, 3.05) is 0 Å². The molecular formula is C8H12BrN.